The van der Waals surface area contributed by atoms with E-state index in [0.717, 1.165) is 49.6 Å². The number of hydrogen-bond donors (Lipinski definition) is 0. The molecule has 0 N–H and O–H groups in total. The quantitative estimate of drug-likeness (QED) is 0.850. The van der Waals surface area contributed by atoms with Gasteiger partial charge in [0.2, 0.25) is 0 Å². The standard InChI is InChI=1S/C17H22N2O2.ClH/c1-18-8-10-19(11-9-18)7-6-16(20)15-12-14-4-2-3-5-17(14)21-13-15;/h2-5,12H,6-11,13H2,1H3;1H. The van der Waals surface area contributed by atoms with E-state index in [9.17, 15) is 4.79 Å². The summed E-state index contributed by atoms with van der Waals surface area (Å²) in [4.78, 5) is 17.0. The Bertz CT molecular complexity index is 551. The number of ketones is 1. The van der Waals surface area contributed by atoms with E-state index in [1.165, 1.54) is 0 Å². The molecule has 0 atom stereocenters. The third kappa shape index (κ3) is 4.09. The highest BCUT2D eigenvalue weighted by atomic mass is 35.5. The fraction of sp³-hybridized carbons (Fsp3) is 0.471. The van der Waals surface area contributed by atoms with Crippen molar-refractivity contribution in [3.05, 3.63) is 35.4 Å². The Kier molecular flexibility index (Phi) is 6.00. The average Bonchev–Trinajstić information content (AvgIpc) is 2.53. The molecular weight excluding hydrogens is 300 g/mol. The topological polar surface area (TPSA) is 32.8 Å². The Morgan fingerprint density at radius 1 is 1.18 bits per heavy atom. The number of hydrogen-bond acceptors (Lipinski definition) is 4. The molecule has 2 heterocycles. The number of para-hydroxylation sites is 1. The van der Waals surface area contributed by atoms with Crippen molar-refractivity contribution >= 4 is 24.3 Å². The van der Waals surface area contributed by atoms with Crippen LogP contribution in [0.5, 0.6) is 5.75 Å². The van der Waals surface area contributed by atoms with Crippen LogP contribution in [-0.2, 0) is 4.79 Å². The Morgan fingerprint density at radius 2 is 1.91 bits per heavy atom. The first-order valence-corrected chi connectivity index (χ1v) is 7.59. The molecule has 0 radical (unpaired) electrons. The van der Waals surface area contributed by atoms with Crippen LogP contribution in [0.4, 0.5) is 0 Å². The van der Waals surface area contributed by atoms with Gasteiger partial charge >= 0.3 is 0 Å². The van der Waals surface area contributed by atoms with Crippen LogP contribution in [0.1, 0.15) is 12.0 Å². The first kappa shape index (κ1) is 17.0. The van der Waals surface area contributed by atoms with Crippen LogP contribution >= 0.6 is 12.4 Å². The number of Topliss-reactive ketones (excluding diaryl/α,β-unsaturated/α-hetero) is 1. The number of nitrogens with zero attached hydrogens (tertiary/aromatic N) is 2. The van der Waals surface area contributed by atoms with E-state index in [1.54, 1.807) is 0 Å². The van der Waals surface area contributed by atoms with E-state index < -0.39 is 0 Å². The summed E-state index contributed by atoms with van der Waals surface area (Å²) in [5.41, 5.74) is 1.80. The Hall–Kier alpha value is -1.36. The maximum atomic E-state index is 12.3. The Labute approximate surface area is 138 Å². The van der Waals surface area contributed by atoms with Crippen molar-refractivity contribution in [3.63, 3.8) is 0 Å². The molecule has 2 aliphatic heterocycles. The number of rotatable bonds is 4. The molecule has 1 aromatic carbocycles. The Morgan fingerprint density at radius 3 is 2.68 bits per heavy atom. The monoisotopic (exact) mass is 322 g/mol. The highest BCUT2D eigenvalue weighted by molar-refractivity contribution is 6.00. The van der Waals surface area contributed by atoms with E-state index in [0.29, 0.717) is 13.0 Å². The van der Waals surface area contributed by atoms with Gasteiger partial charge < -0.3 is 14.5 Å². The number of halogens is 1. The predicted molar refractivity (Wildman–Crippen MR) is 90.7 cm³/mol. The molecule has 0 bridgehead atoms. The predicted octanol–water partition coefficient (Wildman–Crippen LogP) is 2.09. The number of ether oxygens (including phenoxy) is 1. The summed E-state index contributed by atoms with van der Waals surface area (Å²) in [5, 5.41) is 0. The van der Waals surface area contributed by atoms with Crippen molar-refractivity contribution in [3.8, 4) is 5.75 Å². The van der Waals surface area contributed by atoms with Crippen LogP contribution in [0, 0.1) is 0 Å². The second-order valence-electron chi connectivity index (χ2n) is 5.81. The first-order chi connectivity index (χ1) is 10.2. The van der Waals surface area contributed by atoms with Crippen molar-refractivity contribution < 1.29 is 9.53 Å². The molecule has 2 aliphatic rings. The van der Waals surface area contributed by atoms with Crippen molar-refractivity contribution in [1.29, 1.82) is 0 Å². The smallest absolute Gasteiger partial charge is 0.163 e. The minimum atomic E-state index is 0. The van der Waals surface area contributed by atoms with Gasteiger partial charge in [-0.1, -0.05) is 18.2 Å². The van der Waals surface area contributed by atoms with Gasteiger partial charge in [-0.3, -0.25) is 4.79 Å². The van der Waals surface area contributed by atoms with Crippen LogP contribution in [0.3, 0.4) is 0 Å². The van der Waals surface area contributed by atoms with Gasteiger partial charge in [0.1, 0.15) is 12.4 Å². The molecule has 0 spiro atoms. The zero-order chi connectivity index (χ0) is 14.7. The summed E-state index contributed by atoms with van der Waals surface area (Å²) in [7, 11) is 2.14. The molecule has 1 aromatic rings. The van der Waals surface area contributed by atoms with Crippen LogP contribution in [0.15, 0.2) is 29.8 Å². The van der Waals surface area contributed by atoms with Crippen LogP contribution in [0.25, 0.3) is 6.08 Å². The molecule has 4 nitrogen and oxygen atoms in total. The zero-order valence-electron chi connectivity index (χ0n) is 13.0. The molecule has 0 aromatic heterocycles. The molecule has 0 aliphatic carbocycles. The van der Waals surface area contributed by atoms with Crippen LogP contribution in [0.2, 0.25) is 0 Å². The molecular formula is C17H23ClN2O2. The number of carbonyl (C=O) groups is 1. The highest BCUT2D eigenvalue weighted by Gasteiger charge is 2.19. The largest absolute Gasteiger partial charge is 0.488 e. The molecule has 22 heavy (non-hydrogen) atoms. The van der Waals surface area contributed by atoms with Gasteiger partial charge in [-0.05, 0) is 19.2 Å². The van der Waals surface area contributed by atoms with Gasteiger partial charge in [0, 0.05) is 50.3 Å². The number of carbonyl (C=O) groups excluding carboxylic acids is 1. The molecule has 0 unspecified atom stereocenters. The van der Waals surface area contributed by atoms with Crippen LogP contribution in [-0.4, -0.2) is 62.0 Å². The Balaban J connectivity index is 0.00000176. The van der Waals surface area contributed by atoms with E-state index in [-0.39, 0.29) is 18.2 Å². The second kappa shape index (κ2) is 7.77. The van der Waals surface area contributed by atoms with E-state index in [2.05, 4.69) is 16.8 Å². The average molecular weight is 323 g/mol. The molecule has 5 heteroatoms. The number of fused-ring (bicyclic) bond motifs is 1. The molecule has 1 fully saturated rings. The third-order valence-electron chi connectivity index (χ3n) is 4.24. The van der Waals surface area contributed by atoms with Crippen molar-refractivity contribution in [2.75, 3.05) is 46.4 Å². The lowest BCUT2D eigenvalue weighted by molar-refractivity contribution is -0.116. The van der Waals surface area contributed by atoms with E-state index in [4.69, 9.17) is 4.74 Å². The maximum Gasteiger partial charge on any atom is 0.163 e. The molecule has 3 rings (SSSR count). The lowest BCUT2D eigenvalue weighted by Gasteiger charge is -2.32. The van der Waals surface area contributed by atoms with Gasteiger partial charge in [0.25, 0.3) is 0 Å². The van der Waals surface area contributed by atoms with Crippen molar-refractivity contribution in [1.82, 2.24) is 9.80 Å². The zero-order valence-corrected chi connectivity index (χ0v) is 13.8. The lowest BCUT2D eigenvalue weighted by atomic mass is 10.0. The van der Waals surface area contributed by atoms with Crippen LogP contribution < -0.4 is 4.74 Å². The fourth-order valence-corrected chi connectivity index (χ4v) is 2.77. The summed E-state index contributed by atoms with van der Waals surface area (Å²) in [5.74, 6) is 1.08. The molecule has 120 valence electrons. The first-order valence-electron chi connectivity index (χ1n) is 7.59. The summed E-state index contributed by atoms with van der Waals surface area (Å²) in [6, 6.07) is 7.85. The van der Waals surface area contributed by atoms with Crippen molar-refractivity contribution in [2.45, 2.75) is 6.42 Å². The van der Waals surface area contributed by atoms with Crippen molar-refractivity contribution in [2.24, 2.45) is 0 Å². The fourth-order valence-electron chi connectivity index (χ4n) is 2.77. The minimum absolute atomic E-state index is 0. The second-order valence-corrected chi connectivity index (χ2v) is 5.81. The highest BCUT2D eigenvalue weighted by Crippen LogP contribution is 2.26. The third-order valence-corrected chi connectivity index (χ3v) is 4.24. The molecule has 0 amide bonds. The van der Waals surface area contributed by atoms with E-state index in [1.807, 2.05) is 30.3 Å². The summed E-state index contributed by atoms with van der Waals surface area (Å²) in [6.07, 6.45) is 2.56. The molecule has 0 saturated carbocycles. The summed E-state index contributed by atoms with van der Waals surface area (Å²) >= 11 is 0. The van der Waals surface area contributed by atoms with Gasteiger partial charge in [-0.25, -0.2) is 0 Å². The van der Waals surface area contributed by atoms with Gasteiger partial charge in [0.05, 0.1) is 0 Å². The van der Waals surface area contributed by atoms with Gasteiger partial charge in [0.15, 0.2) is 5.78 Å². The maximum absolute atomic E-state index is 12.3. The minimum Gasteiger partial charge on any atom is -0.488 e. The SMILES string of the molecule is CN1CCN(CCC(=O)C2=Cc3ccccc3OC2)CC1.Cl. The lowest BCUT2D eigenvalue weighted by Crippen LogP contribution is -2.45. The van der Waals surface area contributed by atoms with Gasteiger partial charge in [-0.2, -0.15) is 0 Å². The van der Waals surface area contributed by atoms with Gasteiger partial charge in [-0.15, -0.1) is 12.4 Å². The molecule has 1 saturated heterocycles. The summed E-state index contributed by atoms with van der Waals surface area (Å²) < 4.78 is 5.65. The normalized spacial score (nSPS) is 18.7. The number of piperazine rings is 1. The number of likely N-dealkylation sites (N-methyl/N-ethyl adjacent to an activating group) is 1. The van der Waals surface area contributed by atoms with E-state index >= 15 is 0 Å². The number of benzene rings is 1. The summed E-state index contributed by atoms with van der Waals surface area (Å²) in [6.45, 7) is 5.55.